The molecule has 1 aromatic carbocycles. The van der Waals surface area contributed by atoms with Crippen LogP contribution in [0, 0.1) is 5.92 Å². The molecule has 0 radical (unpaired) electrons. The van der Waals surface area contributed by atoms with Crippen LogP contribution in [0.3, 0.4) is 0 Å². The van der Waals surface area contributed by atoms with Gasteiger partial charge in [-0.1, -0.05) is 63.1 Å². The number of imidazole rings is 1. The minimum absolute atomic E-state index is 0.0475. The Labute approximate surface area is 197 Å². The van der Waals surface area contributed by atoms with E-state index in [1.54, 1.807) is 10.8 Å². The van der Waals surface area contributed by atoms with Crippen molar-refractivity contribution >= 4 is 11.6 Å². The molecule has 0 fully saturated rings. The number of hydrogen-bond acceptors (Lipinski definition) is 5. The number of nitrogens with one attached hydrogen (secondary N) is 1. The maximum atomic E-state index is 13.2. The topological polar surface area (TPSA) is 94.3 Å². The fourth-order valence-corrected chi connectivity index (χ4v) is 4.27. The Morgan fingerprint density at radius 3 is 2.58 bits per heavy atom. The molecule has 3 heterocycles. The molecule has 0 aliphatic heterocycles. The normalized spacial score (nSPS) is 11.4. The van der Waals surface area contributed by atoms with Crippen LogP contribution in [0.4, 0.5) is 0 Å². The summed E-state index contributed by atoms with van der Waals surface area (Å²) in [5.41, 5.74) is 4.45. The van der Waals surface area contributed by atoms with E-state index in [4.69, 9.17) is 11.6 Å². The lowest BCUT2D eigenvalue weighted by molar-refractivity contribution is 0.504. The lowest BCUT2D eigenvalue weighted by Crippen LogP contribution is -2.27. The van der Waals surface area contributed by atoms with Gasteiger partial charge >= 0.3 is 5.69 Å². The van der Waals surface area contributed by atoms with Crippen molar-refractivity contribution < 1.29 is 0 Å². The molecule has 9 heteroatoms. The fraction of sp³-hybridized carbons (Fsp3) is 0.375. The molecule has 8 nitrogen and oxygen atoms in total. The molecule has 3 aromatic heterocycles. The fourth-order valence-electron chi connectivity index (χ4n) is 3.93. The summed E-state index contributed by atoms with van der Waals surface area (Å²) in [6.07, 6.45) is 4.57. The van der Waals surface area contributed by atoms with Gasteiger partial charge in [-0.15, -0.1) is 5.10 Å². The molecule has 0 bridgehead atoms. The minimum Gasteiger partial charge on any atom is -0.290 e. The maximum absolute atomic E-state index is 13.2. The zero-order valence-corrected chi connectivity index (χ0v) is 19.9. The van der Waals surface area contributed by atoms with Gasteiger partial charge in [0.1, 0.15) is 5.15 Å². The highest BCUT2D eigenvalue weighted by molar-refractivity contribution is 6.30. The van der Waals surface area contributed by atoms with Crippen molar-refractivity contribution in [1.29, 1.82) is 0 Å². The van der Waals surface area contributed by atoms with Crippen LogP contribution in [0.1, 0.15) is 44.9 Å². The first-order valence-electron chi connectivity index (χ1n) is 11.3. The second-order valence-corrected chi connectivity index (χ2v) is 8.92. The van der Waals surface area contributed by atoms with Crippen molar-refractivity contribution in [3.05, 3.63) is 69.5 Å². The number of pyridine rings is 1. The monoisotopic (exact) mass is 465 g/mol. The quantitative estimate of drug-likeness (QED) is 0.390. The van der Waals surface area contributed by atoms with Gasteiger partial charge in [-0.25, -0.2) is 9.89 Å². The zero-order chi connectivity index (χ0) is 23.4. The van der Waals surface area contributed by atoms with Crippen molar-refractivity contribution in [2.24, 2.45) is 5.92 Å². The summed E-state index contributed by atoms with van der Waals surface area (Å²) in [6.45, 7) is 7.41. The van der Waals surface area contributed by atoms with Crippen molar-refractivity contribution in [3.63, 3.8) is 0 Å². The molecule has 0 amide bonds. The number of aromatic amines is 1. The van der Waals surface area contributed by atoms with Gasteiger partial charge in [0.25, 0.3) is 0 Å². The maximum Gasteiger partial charge on any atom is 0.329 e. The largest absolute Gasteiger partial charge is 0.329 e. The number of aromatic nitrogens is 7. The molecular formula is C24H28ClN7O. The predicted molar refractivity (Wildman–Crippen MR) is 129 cm³/mol. The van der Waals surface area contributed by atoms with Crippen molar-refractivity contribution in [3.8, 4) is 22.6 Å². The molecule has 0 aliphatic rings. The minimum atomic E-state index is -0.0475. The Morgan fingerprint density at radius 1 is 1.12 bits per heavy atom. The molecular weight excluding hydrogens is 438 g/mol. The summed E-state index contributed by atoms with van der Waals surface area (Å²) < 4.78 is 3.53. The number of hydrogen-bond donors (Lipinski definition) is 1. The van der Waals surface area contributed by atoms with Crippen LogP contribution < -0.4 is 5.69 Å². The zero-order valence-electron chi connectivity index (χ0n) is 19.1. The first kappa shape index (κ1) is 22.9. The van der Waals surface area contributed by atoms with Gasteiger partial charge in [0.15, 0.2) is 5.82 Å². The predicted octanol–water partition coefficient (Wildman–Crippen LogP) is 4.59. The molecule has 1 N–H and O–H groups in total. The summed E-state index contributed by atoms with van der Waals surface area (Å²) in [4.78, 5) is 17.7. The standard InChI is InChI=1S/C24H28ClN7O/c1-4-5-8-20-22(25)32(14-16(2)3)24(33)31(20)15-17-9-11-18(12-10-17)21-19(7-6-13-26-21)23-27-29-30-28-23/h6-7,9-13,16H,4-5,8,14-15H2,1-3H3,(H,27,28,29,30). The smallest absolute Gasteiger partial charge is 0.290 e. The lowest BCUT2D eigenvalue weighted by atomic mass is 10.0. The van der Waals surface area contributed by atoms with E-state index < -0.39 is 0 Å². The van der Waals surface area contributed by atoms with E-state index in [2.05, 4.69) is 46.4 Å². The highest BCUT2D eigenvalue weighted by Gasteiger charge is 2.19. The summed E-state index contributed by atoms with van der Waals surface area (Å²) >= 11 is 6.67. The van der Waals surface area contributed by atoms with E-state index >= 15 is 0 Å². The van der Waals surface area contributed by atoms with Crippen LogP contribution >= 0.6 is 11.6 Å². The second-order valence-electron chi connectivity index (χ2n) is 8.56. The first-order valence-corrected chi connectivity index (χ1v) is 11.6. The number of nitrogens with zero attached hydrogens (tertiary/aromatic N) is 6. The molecule has 0 atom stereocenters. The highest BCUT2D eigenvalue weighted by Crippen LogP contribution is 2.28. The van der Waals surface area contributed by atoms with Gasteiger partial charge in [0.2, 0.25) is 0 Å². The first-order chi connectivity index (χ1) is 16.0. The molecule has 4 rings (SSSR count). The summed E-state index contributed by atoms with van der Waals surface area (Å²) in [6, 6.07) is 11.8. The van der Waals surface area contributed by atoms with Gasteiger partial charge in [-0.2, -0.15) is 0 Å². The molecule has 172 valence electrons. The summed E-state index contributed by atoms with van der Waals surface area (Å²) in [5, 5.41) is 14.7. The lowest BCUT2D eigenvalue weighted by Gasteiger charge is -2.10. The number of H-pyrrole nitrogens is 1. The Balaban J connectivity index is 1.65. The third kappa shape index (κ3) is 4.90. The Hall–Kier alpha value is -3.26. The average Bonchev–Trinajstić information content (AvgIpc) is 3.42. The SMILES string of the molecule is CCCCc1c(Cl)n(CC(C)C)c(=O)n1Cc1ccc(-c2ncccc2-c2nnn[nH]2)cc1. The van der Waals surface area contributed by atoms with E-state index in [1.165, 1.54) is 0 Å². The molecule has 0 aliphatic carbocycles. The Kier molecular flexibility index (Phi) is 7.03. The number of tetrazole rings is 1. The van der Waals surface area contributed by atoms with Crippen LogP contribution in [0.15, 0.2) is 47.4 Å². The molecule has 0 spiro atoms. The van der Waals surface area contributed by atoms with Crippen LogP contribution in [0.5, 0.6) is 0 Å². The summed E-state index contributed by atoms with van der Waals surface area (Å²) in [7, 11) is 0. The Bertz CT molecular complexity index is 1260. The number of rotatable bonds is 9. The second kappa shape index (κ2) is 10.1. The van der Waals surface area contributed by atoms with Crippen molar-refractivity contribution in [2.75, 3.05) is 0 Å². The Morgan fingerprint density at radius 2 is 1.91 bits per heavy atom. The molecule has 0 unspecified atom stereocenters. The van der Waals surface area contributed by atoms with Crippen LogP contribution in [0.2, 0.25) is 5.15 Å². The third-order valence-electron chi connectivity index (χ3n) is 5.55. The van der Waals surface area contributed by atoms with Crippen LogP contribution in [0.25, 0.3) is 22.6 Å². The van der Waals surface area contributed by atoms with Crippen molar-refractivity contribution in [1.82, 2.24) is 34.7 Å². The number of benzene rings is 1. The van der Waals surface area contributed by atoms with E-state index in [-0.39, 0.29) is 5.69 Å². The average molecular weight is 466 g/mol. The van der Waals surface area contributed by atoms with Gasteiger partial charge < -0.3 is 0 Å². The van der Waals surface area contributed by atoms with Crippen LogP contribution in [-0.2, 0) is 19.5 Å². The molecule has 33 heavy (non-hydrogen) atoms. The molecule has 0 saturated heterocycles. The van der Waals surface area contributed by atoms with E-state index in [9.17, 15) is 4.79 Å². The van der Waals surface area contributed by atoms with Gasteiger partial charge in [-0.3, -0.25) is 14.1 Å². The van der Waals surface area contributed by atoms with Gasteiger partial charge in [-0.05, 0) is 46.9 Å². The highest BCUT2D eigenvalue weighted by atomic mass is 35.5. The van der Waals surface area contributed by atoms with E-state index in [0.717, 1.165) is 47.3 Å². The number of halogens is 1. The van der Waals surface area contributed by atoms with Crippen molar-refractivity contribution in [2.45, 2.75) is 53.1 Å². The third-order valence-corrected chi connectivity index (χ3v) is 5.98. The number of unbranched alkanes of at least 4 members (excludes halogenated alkanes) is 1. The van der Waals surface area contributed by atoms with Crippen LogP contribution in [-0.4, -0.2) is 34.7 Å². The van der Waals surface area contributed by atoms with Gasteiger partial charge in [0.05, 0.1) is 17.9 Å². The molecule has 0 saturated carbocycles. The van der Waals surface area contributed by atoms with Gasteiger partial charge in [0, 0.05) is 23.9 Å². The molecule has 4 aromatic rings. The summed E-state index contributed by atoms with van der Waals surface area (Å²) in [5.74, 6) is 0.900. The van der Waals surface area contributed by atoms with E-state index in [1.807, 2.05) is 41.0 Å². The van der Waals surface area contributed by atoms with E-state index in [0.29, 0.717) is 30.0 Å².